The lowest BCUT2D eigenvalue weighted by molar-refractivity contribution is -0.144. The third-order valence-corrected chi connectivity index (χ3v) is 3.56. The van der Waals surface area contributed by atoms with Crippen LogP contribution in [0.15, 0.2) is 24.3 Å². The van der Waals surface area contributed by atoms with Crippen LogP contribution in [-0.2, 0) is 19.1 Å². The van der Waals surface area contributed by atoms with E-state index in [-0.39, 0.29) is 23.8 Å². The number of rotatable bonds is 7. The van der Waals surface area contributed by atoms with E-state index in [2.05, 4.69) is 0 Å². The average molecular weight is 307 g/mol. The lowest BCUT2D eigenvalue weighted by Gasteiger charge is -2.29. The number of methoxy groups -OCH3 is 2. The maximum absolute atomic E-state index is 11.7. The van der Waals surface area contributed by atoms with Gasteiger partial charge in [0.05, 0.1) is 26.1 Å². The molecule has 0 spiro atoms. The van der Waals surface area contributed by atoms with Gasteiger partial charge in [0.2, 0.25) is 0 Å². The molecule has 2 atom stereocenters. The first kappa shape index (κ1) is 18.0. The van der Waals surface area contributed by atoms with Crippen LogP contribution in [-0.4, -0.2) is 39.2 Å². The first-order valence-electron chi connectivity index (χ1n) is 7.36. The quantitative estimate of drug-likeness (QED) is 0.724. The van der Waals surface area contributed by atoms with Crippen LogP contribution in [0.1, 0.15) is 19.4 Å². The van der Waals surface area contributed by atoms with Crippen LogP contribution in [0, 0.1) is 18.8 Å². The molecule has 5 nitrogen and oxygen atoms in total. The van der Waals surface area contributed by atoms with E-state index in [0.29, 0.717) is 13.1 Å². The molecule has 0 heterocycles. The van der Waals surface area contributed by atoms with E-state index in [4.69, 9.17) is 9.47 Å². The maximum atomic E-state index is 11.7. The van der Waals surface area contributed by atoms with Gasteiger partial charge in [0.1, 0.15) is 0 Å². The number of carbonyl (C=O) groups excluding carboxylic acids is 2. The summed E-state index contributed by atoms with van der Waals surface area (Å²) in [6, 6.07) is 7.98. The Kier molecular flexibility index (Phi) is 6.89. The highest BCUT2D eigenvalue weighted by Gasteiger charge is 2.22. The summed E-state index contributed by atoms with van der Waals surface area (Å²) < 4.78 is 9.58. The second-order valence-electron chi connectivity index (χ2n) is 5.59. The molecule has 22 heavy (non-hydrogen) atoms. The summed E-state index contributed by atoms with van der Waals surface area (Å²) in [5.41, 5.74) is 2.10. The fourth-order valence-corrected chi connectivity index (χ4v) is 2.32. The van der Waals surface area contributed by atoms with E-state index in [9.17, 15) is 9.59 Å². The molecule has 1 aromatic carbocycles. The van der Waals surface area contributed by atoms with Crippen LogP contribution in [0.4, 0.5) is 5.69 Å². The molecule has 0 saturated heterocycles. The number of hydrogen-bond acceptors (Lipinski definition) is 5. The van der Waals surface area contributed by atoms with Gasteiger partial charge in [-0.2, -0.15) is 0 Å². The van der Waals surface area contributed by atoms with Crippen LogP contribution < -0.4 is 4.90 Å². The lowest BCUT2D eigenvalue weighted by Crippen LogP contribution is -2.37. The Morgan fingerprint density at radius 3 is 1.95 bits per heavy atom. The second kappa shape index (κ2) is 8.41. The van der Waals surface area contributed by atoms with Crippen LogP contribution >= 0.6 is 0 Å². The Hall–Kier alpha value is -2.04. The van der Waals surface area contributed by atoms with Gasteiger partial charge in [-0.05, 0) is 24.6 Å². The van der Waals surface area contributed by atoms with Crippen molar-refractivity contribution in [1.82, 2.24) is 0 Å². The summed E-state index contributed by atoms with van der Waals surface area (Å²) in [5, 5.41) is 0. The van der Waals surface area contributed by atoms with Crippen molar-refractivity contribution in [3.05, 3.63) is 29.8 Å². The Morgan fingerprint density at radius 1 is 1.05 bits per heavy atom. The molecular weight excluding hydrogens is 282 g/mol. The van der Waals surface area contributed by atoms with Gasteiger partial charge in [-0.1, -0.05) is 26.0 Å². The highest BCUT2D eigenvalue weighted by atomic mass is 16.5. The van der Waals surface area contributed by atoms with E-state index < -0.39 is 0 Å². The third kappa shape index (κ3) is 5.06. The van der Waals surface area contributed by atoms with Gasteiger partial charge in [-0.3, -0.25) is 9.59 Å². The fraction of sp³-hybridized carbons (Fsp3) is 0.529. The molecule has 5 heteroatoms. The Bertz CT molecular complexity index is 491. The Labute approximate surface area is 132 Å². The number of ether oxygens (including phenoxy) is 2. The summed E-state index contributed by atoms with van der Waals surface area (Å²) in [6.07, 6.45) is 0. The van der Waals surface area contributed by atoms with Crippen molar-refractivity contribution in [2.45, 2.75) is 20.8 Å². The third-order valence-electron chi connectivity index (χ3n) is 3.56. The van der Waals surface area contributed by atoms with Crippen molar-refractivity contribution < 1.29 is 19.1 Å². The lowest BCUT2D eigenvalue weighted by atomic mass is 10.1. The summed E-state index contributed by atoms with van der Waals surface area (Å²) in [6.45, 7) is 6.61. The zero-order valence-corrected chi connectivity index (χ0v) is 14.0. The first-order chi connectivity index (χ1) is 10.4. The molecule has 0 amide bonds. The number of hydrogen-bond donors (Lipinski definition) is 0. The molecule has 0 N–H and O–H groups in total. The zero-order valence-electron chi connectivity index (χ0n) is 14.0. The van der Waals surface area contributed by atoms with Gasteiger partial charge in [0, 0.05) is 18.8 Å². The van der Waals surface area contributed by atoms with Crippen LogP contribution in [0.3, 0.4) is 0 Å². The summed E-state index contributed by atoms with van der Waals surface area (Å²) >= 11 is 0. The van der Waals surface area contributed by atoms with E-state index >= 15 is 0 Å². The monoisotopic (exact) mass is 307 g/mol. The minimum absolute atomic E-state index is 0.261. The molecule has 122 valence electrons. The number of nitrogens with zero attached hydrogens (tertiary/aromatic N) is 1. The molecule has 0 aliphatic rings. The molecule has 0 aromatic heterocycles. The fourth-order valence-electron chi connectivity index (χ4n) is 2.32. The van der Waals surface area contributed by atoms with Gasteiger partial charge in [0.15, 0.2) is 0 Å². The predicted molar refractivity (Wildman–Crippen MR) is 85.8 cm³/mol. The van der Waals surface area contributed by atoms with E-state index in [1.165, 1.54) is 14.2 Å². The zero-order chi connectivity index (χ0) is 16.7. The van der Waals surface area contributed by atoms with Crippen molar-refractivity contribution >= 4 is 17.6 Å². The van der Waals surface area contributed by atoms with Gasteiger partial charge in [-0.25, -0.2) is 0 Å². The standard InChI is InChI=1S/C17H25NO4/c1-12-7-6-8-15(9-12)18(10-13(2)16(19)21-4)11-14(3)17(20)22-5/h6-9,13-14H,10-11H2,1-5H3. The second-order valence-corrected chi connectivity index (χ2v) is 5.59. The molecule has 1 rings (SSSR count). The SMILES string of the molecule is COC(=O)C(C)CN(CC(C)C(=O)OC)c1cccc(C)c1. The first-order valence-corrected chi connectivity index (χ1v) is 7.36. The van der Waals surface area contributed by atoms with Crippen LogP contribution in [0.5, 0.6) is 0 Å². The van der Waals surface area contributed by atoms with Crippen LogP contribution in [0.2, 0.25) is 0 Å². The highest BCUT2D eigenvalue weighted by Crippen LogP contribution is 2.20. The molecule has 0 bridgehead atoms. The topological polar surface area (TPSA) is 55.8 Å². The van der Waals surface area contributed by atoms with Gasteiger partial charge < -0.3 is 14.4 Å². The number of benzene rings is 1. The summed E-state index contributed by atoms with van der Waals surface area (Å²) in [5.74, 6) is -1.09. The van der Waals surface area contributed by atoms with Gasteiger partial charge >= 0.3 is 11.9 Å². The normalized spacial score (nSPS) is 13.1. The smallest absolute Gasteiger partial charge is 0.310 e. The van der Waals surface area contributed by atoms with Crippen molar-refractivity contribution in [2.75, 3.05) is 32.2 Å². The highest BCUT2D eigenvalue weighted by molar-refractivity contribution is 5.74. The summed E-state index contributed by atoms with van der Waals surface area (Å²) in [7, 11) is 2.76. The Balaban J connectivity index is 2.94. The molecule has 0 saturated carbocycles. The molecule has 0 fully saturated rings. The molecule has 2 unspecified atom stereocenters. The minimum Gasteiger partial charge on any atom is -0.469 e. The van der Waals surface area contributed by atoms with Gasteiger partial charge in [-0.15, -0.1) is 0 Å². The molecular formula is C17H25NO4. The molecule has 1 aromatic rings. The minimum atomic E-state index is -0.282. The number of carbonyl (C=O) groups is 2. The maximum Gasteiger partial charge on any atom is 0.310 e. The number of aryl methyl sites for hydroxylation is 1. The van der Waals surface area contributed by atoms with Gasteiger partial charge in [0.25, 0.3) is 0 Å². The molecule has 0 radical (unpaired) electrons. The van der Waals surface area contributed by atoms with E-state index in [1.54, 1.807) is 0 Å². The van der Waals surface area contributed by atoms with Crippen molar-refractivity contribution in [3.8, 4) is 0 Å². The van der Waals surface area contributed by atoms with E-state index in [0.717, 1.165) is 11.3 Å². The van der Waals surface area contributed by atoms with Crippen molar-refractivity contribution in [1.29, 1.82) is 0 Å². The average Bonchev–Trinajstić information content (AvgIpc) is 2.52. The Morgan fingerprint density at radius 2 is 1.55 bits per heavy atom. The van der Waals surface area contributed by atoms with Crippen molar-refractivity contribution in [3.63, 3.8) is 0 Å². The number of anilines is 1. The molecule has 0 aliphatic carbocycles. The van der Waals surface area contributed by atoms with Crippen molar-refractivity contribution in [2.24, 2.45) is 11.8 Å². The van der Waals surface area contributed by atoms with Crippen LogP contribution in [0.25, 0.3) is 0 Å². The largest absolute Gasteiger partial charge is 0.469 e. The number of esters is 2. The summed E-state index contributed by atoms with van der Waals surface area (Å²) in [4.78, 5) is 25.4. The predicted octanol–water partition coefficient (Wildman–Crippen LogP) is 2.42. The molecule has 0 aliphatic heterocycles. The van der Waals surface area contributed by atoms with E-state index in [1.807, 2.05) is 49.9 Å².